The average molecular weight is 379 g/mol. The van der Waals surface area contributed by atoms with Gasteiger partial charge in [0.25, 0.3) is 10.1 Å². The van der Waals surface area contributed by atoms with Crippen molar-refractivity contribution in [1.82, 2.24) is 0 Å². The van der Waals surface area contributed by atoms with E-state index in [4.69, 9.17) is 9.29 Å². The summed E-state index contributed by atoms with van der Waals surface area (Å²) < 4.78 is 34.6. The highest BCUT2D eigenvalue weighted by atomic mass is 32.2. The summed E-state index contributed by atoms with van der Waals surface area (Å²) in [5.74, 6) is -2.85. The molecule has 0 aromatic carbocycles. The first-order chi connectivity index (χ1) is 11.8. The number of carbonyl (C=O) groups excluding carboxylic acids is 1. The van der Waals surface area contributed by atoms with Crippen molar-refractivity contribution in [3.8, 4) is 0 Å². The number of esters is 1. The minimum absolute atomic E-state index is 0.266. The second kappa shape index (κ2) is 14.1. The number of rotatable bonds is 15. The van der Waals surface area contributed by atoms with Gasteiger partial charge in [0.1, 0.15) is 11.8 Å². The van der Waals surface area contributed by atoms with Crippen molar-refractivity contribution in [2.45, 2.75) is 84.1 Å². The minimum Gasteiger partial charge on any atom is -0.861 e. The molecule has 0 spiro atoms. The molecule has 0 rings (SSSR count). The Hall–Kier alpha value is -1.15. The first kappa shape index (κ1) is 23.9. The first-order valence-corrected chi connectivity index (χ1v) is 10.7. The number of carbonyl (C=O) groups is 1. The third-order valence-corrected chi connectivity index (χ3v) is 4.34. The molecule has 0 aromatic heterocycles. The second-order valence-electron chi connectivity index (χ2n) is 6.27. The predicted molar refractivity (Wildman–Crippen MR) is 96.1 cm³/mol. The molecule has 0 aromatic rings. The van der Waals surface area contributed by atoms with Gasteiger partial charge in [0, 0.05) is 0 Å². The summed E-state index contributed by atoms with van der Waals surface area (Å²) in [6.45, 7) is 3.82. The normalized spacial score (nSPS) is 13.6. The highest BCUT2D eigenvalue weighted by Crippen LogP contribution is 2.10. The topological polar surface area (TPSA) is 116 Å². The van der Waals surface area contributed by atoms with Gasteiger partial charge in [-0.15, -0.1) is 0 Å². The number of ether oxygens (including phenoxy) is 1. The maximum Gasteiger partial charge on any atom is 0.330 e. The number of unbranched alkanes of at least 4 members (excludes halogenated alkanes) is 9. The molecule has 0 radical (unpaired) electrons. The Kier molecular flexibility index (Phi) is 13.4. The van der Waals surface area contributed by atoms with Crippen molar-refractivity contribution < 1.29 is 27.6 Å². The zero-order valence-electron chi connectivity index (χ0n) is 15.4. The summed E-state index contributed by atoms with van der Waals surface area (Å²) in [5, 5.41) is 11.2. The van der Waals surface area contributed by atoms with Crippen LogP contribution in [0.4, 0.5) is 0 Å². The number of hydrogen-bond acceptors (Lipinski definition) is 6. The van der Waals surface area contributed by atoms with Crippen LogP contribution in [0.5, 0.6) is 0 Å². The Balaban J connectivity index is 3.68. The minimum atomic E-state index is -4.43. The van der Waals surface area contributed by atoms with Gasteiger partial charge in [0.2, 0.25) is 0 Å². The maximum absolute atomic E-state index is 11.6. The molecule has 8 heteroatoms. The summed E-state index contributed by atoms with van der Waals surface area (Å²) in [5.41, 5.74) is 0. The van der Waals surface area contributed by atoms with E-state index >= 15 is 0 Å². The van der Waals surface area contributed by atoms with Crippen LogP contribution in [0.15, 0.2) is 4.99 Å². The van der Waals surface area contributed by atoms with Gasteiger partial charge < -0.3 is 9.84 Å². The van der Waals surface area contributed by atoms with E-state index in [0.717, 1.165) is 19.3 Å². The van der Waals surface area contributed by atoms with Crippen LogP contribution >= 0.6 is 0 Å². The molecular formula is C17H32NO6S-. The molecule has 0 saturated heterocycles. The molecule has 0 unspecified atom stereocenters. The van der Waals surface area contributed by atoms with Gasteiger partial charge in [0.05, 0.1) is 6.61 Å². The third-order valence-electron chi connectivity index (χ3n) is 3.73. The van der Waals surface area contributed by atoms with Gasteiger partial charge in [-0.3, -0.25) is 9.55 Å². The van der Waals surface area contributed by atoms with Gasteiger partial charge in [0.15, 0.2) is 0 Å². The lowest BCUT2D eigenvalue weighted by molar-refractivity contribution is -0.216. The van der Waals surface area contributed by atoms with Gasteiger partial charge in [-0.05, 0) is 19.2 Å². The summed E-state index contributed by atoms with van der Waals surface area (Å²) in [6, 6.07) is -1.07. The Labute approximate surface area is 151 Å². The van der Waals surface area contributed by atoms with Crippen LogP contribution < -0.4 is 5.11 Å². The quantitative estimate of drug-likeness (QED) is 0.154. The summed E-state index contributed by atoms with van der Waals surface area (Å²) in [4.78, 5) is 15.0. The van der Waals surface area contributed by atoms with Crippen molar-refractivity contribution in [2.75, 3.05) is 12.4 Å². The fraction of sp³-hybridized carbons (Fsp3) is 0.882. The smallest absolute Gasteiger partial charge is 0.330 e. The van der Waals surface area contributed by atoms with E-state index in [-0.39, 0.29) is 6.61 Å². The highest BCUT2D eigenvalue weighted by molar-refractivity contribution is 7.86. The van der Waals surface area contributed by atoms with Crippen LogP contribution in [0.1, 0.15) is 78.1 Å². The maximum atomic E-state index is 11.6. The molecule has 1 atom stereocenters. The molecule has 1 N–H and O–H groups in total. The summed E-state index contributed by atoms with van der Waals surface area (Å²) >= 11 is 0. The Bertz CT molecular complexity index is 489. The van der Waals surface area contributed by atoms with E-state index in [9.17, 15) is 18.3 Å². The molecule has 0 heterocycles. The van der Waals surface area contributed by atoms with Gasteiger partial charge in [-0.2, -0.15) is 8.42 Å². The summed E-state index contributed by atoms with van der Waals surface area (Å²) in [6.07, 6.45) is 11.8. The van der Waals surface area contributed by atoms with Crippen LogP contribution in [0, 0.1) is 0 Å². The van der Waals surface area contributed by atoms with Crippen molar-refractivity contribution in [3.63, 3.8) is 0 Å². The fourth-order valence-corrected chi connectivity index (χ4v) is 2.73. The van der Waals surface area contributed by atoms with Crippen molar-refractivity contribution in [2.24, 2.45) is 4.99 Å². The standard InChI is InChI=1S/C17H33NO6S/c1-3-4-5-6-7-8-9-10-11-12-13-24-17(20)15(2)18-16(19)14-25(21,22)23/h15H,3-14H2,1-2H3,(H,18,19)(H,21,22,23)/p-1/t15-/m0/s1. The molecule has 0 aliphatic rings. The van der Waals surface area contributed by atoms with Crippen molar-refractivity contribution in [1.29, 1.82) is 0 Å². The molecule has 0 amide bonds. The molecular weight excluding hydrogens is 346 g/mol. The lowest BCUT2D eigenvalue weighted by Crippen LogP contribution is -2.31. The zero-order valence-corrected chi connectivity index (χ0v) is 16.2. The average Bonchev–Trinajstić information content (AvgIpc) is 2.50. The monoisotopic (exact) mass is 378 g/mol. The number of aliphatic imine (C=N–C) groups is 1. The van der Waals surface area contributed by atoms with Gasteiger partial charge in [-0.25, -0.2) is 4.79 Å². The van der Waals surface area contributed by atoms with E-state index in [1.54, 1.807) is 0 Å². The SMILES string of the molecule is CCCCCCCCCCCCOC(=O)[C@H](C)N=C([O-])CS(=O)(=O)O. The molecule has 0 bridgehead atoms. The molecule has 0 fully saturated rings. The molecule has 25 heavy (non-hydrogen) atoms. The zero-order chi connectivity index (χ0) is 19.1. The Morgan fingerprint density at radius 3 is 2.00 bits per heavy atom. The van der Waals surface area contributed by atoms with E-state index in [2.05, 4.69) is 11.9 Å². The van der Waals surface area contributed by atoms with Crippen LogP contribution in [-0.4, -0.2) is 43.2 Å². The predicted octanol–water partition coefficient (Wildman–Crippen LogP) is 2.49. The van der Waals surface area contributed by atoms with Crippen LogP contribution in [-0.2, 0) is 19.6 Å². The van der Waals surface area contributed by atoms with E-state index < -0.39 is 33.8 Å². The van der Waals surface area contributed by atoms with Crippen LogP contribution in [0.25, 0.3) is 0 Å². The van der Waals surface area contributed by atoms with Gasteiger partial charge in [-0.1, -0.05) is 64.7 Å². The van der Waals surface area contributed by atoms with Crippen LogP contribution in [0.3, 0.4) is 0 Å². The molecule has 148 valence electrons. The second-order valence-corrected chi connectivity index (χ2v) is 7.73. The molecule has 0 saturated carbocycles. The lowest BCUT2D eigenvalue weighted by Gasteiger charge is -2.13. The number of nitrogens with zero attached hydrogens (tertiary/aromatic N) is 1. The highest BCUT2D eigenvalue weighted by Gasteiger charge is 2.13. The lowest BCUT2D eigenvalue weighted by atomic mass is 10.1. The Morgan fingerprint density at radius 2 is 1.52 bits per heavy atom. The largest absolute Gasteiger partial charge is 0.861 e. The van der Waals surface area contributed by atoms with Gasteiger partial charge >= 0.3 is 5.97 Å². The molecule has 0 aliphatic heterocycles. The van der Waals surface area contributed by atoms with Crippen molar-refractivity contribution in [3.05, 3.63) is 0 Å². The fourth-order valence-electron chi connectivity index (χ4n) is 2.34. The summed E-state index contributed by atoms with van der Waals surface area (Å²) in [7, 11) is -4.43. The Morgan fingerprint density at radius 1 is 1.04 bits per heavy atom. The van der Waals surface area contributed by atoms with E-state index in [1.165, 1.54) is 51.9 Å². The number of hydrogen-bond donors (Lipinski definition) is 1. The van der Waals surface area contributed by atoms with Crippen LogP contribution in [0.2, 0.25) is 0 Å². The van der Waals surface area contributed by atoms with E-state index in [0.29, 0.717) is 0 Å². The van der Waals surface area contributed by atoms with E-state index in [1.807, 2.05) is 0 Å². The third kappa shape index (κ3) is 16.1. The molecule has 7 nitrogen and oxygen atoms in total. The first-order valence-electron chi connectivity index (χ1n) is 9.11. The van der Waals surface area contributed by atoms with Crippen molar-refractivity contribution >= 4 is 22.0 Å². The molecule has 0 aliphatic carbocycles.